The molecule has 0 N–H and O–H groups in total. The molecule has 0 spiro atoms. The van der Waals surface area contributed by atoms with Crippen molar-refractivity contribution in [1.29, 1.82) is 0 Å². The van der Waals surface area contributed by atoms with Crippen LogP contribution in [-0.4, -0.2) is 10.2 Å². The molecular weight excluding hydrogens is 116 g/mol. The van der Waals surface area contributed by atoms with Crippen LogP contribution in [0, 0.1) is 0 Å². The number of nitrogens with zero attached hydrogens (tertiary/aromatic N) is 2. The molecule has 0 aliphatic rings. The first kappa shape index (κ1) is 4.97. The fourth-order valence-corrected chi connectivity index (χ4v) is 0.453. The summed E-state index contributed by atoms with van der Waals surface area (Å²) < 4.78 is 11.8. The maximum Gasteiger partial charge on any atom is 0.221 e. The van der Waals surface area contributed by atoms with Crippen molar-refractivity contribution in [2.45, 2.75) is 26.2 Å². The second kappa shape index (κ2) is 1.83. The molecular formula is C6H10N2O. The molecule has 0 aliphatic carbocycles. The first-order valence-electron chi connectivity index (χ1n) is 3.31. The SMILES string of the molecule is [2H]c1nnc(C(C)(C)C)o1. The van der Waals surface area contributed by atoms with Gasteiger partial charge in [0.05, 0.1) is 0 Å². The van der Waals surface area contributed by atoms with Crippen LogP contribution in [0.25, 0.3) is 0 Å². The highest BCUT2D eigenvalue weighted by Gasteiger charge is 2.18. The molecule has 0 atom stereocenters. The van der Waals surface area contributed by atoms with Gasteiger partial charge in [-0.05, 0) is 0 Å². The maximum atomic E-state index is 6.96. The lowest BCUT2D eigenvalue weighted by atomic mass is 9.97. The van der Waals surface area contributed by atoms with Gasteiger partial charge < -0.3 is 4.42 Å². The standard InChI is InChI=1S/C6H10N2O/c1-6(2,3)5-8-7-4-9-5/h4H,1-3H3/i4D. The molecule has 50 valence electrons. The molecule has 9 heavy (non-hydrogen) atoms. The maximum absolute atomic E-state index is 6.96. The summed E-state index contributed by atoms with van der Waals surface area (Å²) in [6.07, 6.45) is -0.120. The largest absolute Gasteiger partial charge is 0.427 e. The summed E-state index contributed by atoms with van der Waals surface area (Å²) in [6.45, 7) is 5.87. The van der Waals surface area contributed by atoms with Gasteiger partial charge >= 0.3 is 0 Å². The van der Waals surface area contributed by atoms with Crippen molar-refractivity contribution in [2.75, 3.05) is 0 Å². The van der Waals surface area contributed by atoms with Gasteiger partial charge in [-0.15, -0.1) is 10.2 Å². The van der Waals surface area contributed by atoms with Crippen LogP contribution in [0.3, 0.4) is 0 Å². The van der Waals surface area contributed by atoms with Crippen LogP contribution in [-0.2, 0) is 5.41 Å². The van der Waals surface area contributed by atoms with Gasteiger partial charge in [-0.3, -0.25) is 0 Å². The van der Waals surface area contributed by atoms with Gasteiger partial charge in [0.25, 0.3) is 0 Å². The zero-order chi connectivity index (χ0) is 7.78. The quantitative estimate of drug-likeness (QED) is 0.528. The Morgan fingerprint density at radius 1 is 1.67 bits per heavy atom. The minimum atomic E-state index is -0.147. The number of hydrogen-bond acceptors (Lipinski definition) is 3. The summed E-state index contributed by atoms with van der Waals surface area (Å²) in [5.74, 6) is 0.512. The molecule has 0 bridgehead atoms. The minimum Gasteiger partial charge on any atom is -0.427 e. The van der Waals surface area contributed by atoms with Crippen LogP contribution in [0.15, 0.2) is 10.8 Å². The highest BCUT2D eigenvalue weighted by molar-refractivity contribution is 4.92. The number of aromatic nitrogens is 2. The van der Waals surface area contributed by atoms with E-state index in [4.69, 9.17) is 5.79 Å². The van der Waals surface area contributed by atoms with E-state index in [1.54, 1.807) is 0 Å². The van der Waals surface area contributed by atoms with Gasteiger partial charge in [-0.25, -0.2) is 0 Å². The molecule has 0 amide bonds. The molecule has 0 saturated carbocycles. The van der Waals surface area contributed by atoms with Crippen LogP contribution in [0.4, 0.5) is 0 Å². The first-order chi connectivity index (χ1) is 4.50. The van der Waals surface area contributed by atoms with E-state index in [-0.39, 0.29) is 11.8 Å². The van der Waals surface area contributed by atoms with E-state index >= 15 is 0 Å². The molecule has 0 aliphatic heterocycles. The zero-order valence-electron chi connectivity index (χ0n) is 6.80. The Labute approximate surface area is 55.5 Å². The Balaban J connectivity index is 2.96. The fraction of sp³-hybridized carbons (Fsp3) is 0.667. The fourth-order valence-electron chi connectivity index (χ4n) is 0.453. The van der Waals surface area contributed by atoms with Crippen LogP contribution < -0.4 is 0 Å². The third-order valence-corrected chi connectivity index (χ3v) is 0.966. The van der Waals surface area contributed by atoms with E-state index < -0.39 is 0 Å². The lowest BCUT2D eigenvalue weighted by Crippen LogP contribution is -2.11. The summed E-state index contributed by atoms with van der Waals surface area (Å²) >= 11 is 0. The summed E-state index contributed by atoms with van der Waals surface area (Å²) in [6, 6.07) is 0. The molecule has 1 aromatic rings. The lowest BCUT2D eigenvalue weighted by Gasteiger charge is -2.10. The van der Waals surface area contributed by atoms with Gasteiger partial charge in [0.2, 0.25) is 12.3 Å². The number of hydrogen-bond donors (Lipinski definition) is 0. The average molecular weight is 127 g/mol. The molecule has 3 nitrogen and oxygen atoms in total. The normalized spacial score (nSPS) is 13.4. The van der Waals surface area contributed by atoms with E-state index in [1.807, 2.05) is 20.8 Å². The summed E-state index contributed by atoms with van der Waals surface area (Å²) in [5, 5.41) is 7.12. The van der Waals surface area contributed by atoms with Crippen molar-refractivity contribution >= 4 is 0 Å². The van der Waals surface area contributed by atoms with E-state index in [9.17, 15) is 0 Å². The summed E-state index contributed by atoms with van der Waals surface area (Å²) in [4.78, 5) is 0. The van der Waals surface area contributed by atoms with E-state index in [0.29, 0.717) is 5.89 Å². The monoisotopic (exact) mass is 127 g/mol. The third-order valence-electron chi connectivity index (χ3n) is 0.966. The smallest absolute Gasteiger partial charge is 0.221 e. The van der Waals surface area contributed by atoms with Crippen LogP contribution in [0.2, 0.25) is 0 Å². The molecule has 0 saturated heterocycles. The topological polar surface area (TPSA) is 38.9 Å². The van der Waals surface area contributed by atoms with E-state index in [0.717, 1.165) is 0 Å². The Bertz CT molecular complexity index is 226. The van der Waals surface area contributed by atoms with Crippen LogP contribution >= 0.6 is 0 Å². The van der Waals surface area contributed by atoms with Crippen molar-refractivity contribution in [3.8, 4) is 0 Å². The van der Waals surface area contributed by atoms with Crippen LogP contribution in [0.5, 0.6) is 0 Å². The third kappa shape index (κ3) is 1.28. The molecule has 0 fully saturated rings. The second-order valence-corrected chi connectivity index (χ2v) is 2.95. The minimum absolute atomic E-state index is 0.120. The van der Waals surface area contributed by atoms with Crippen molar-refractivity contribution in [3.05, 3.63) is 12.3 Å². The highest BCUT2D eigenvalue weighted by Crippen LogP contribution is 2.17. The predicted octanol–water partition coefficient (Wildman–Crippen LogP) is 1.37. The summed E-state index contributed by atoms with van der Waals surface area (Å²) in [5.41, 5.74) is -0.147. The van der Waals surface area contributed by atoms with Crippen LogP contribution in [0.1, 0.15) is 28.0 Å². The Hall–Kier alpha value is -0.860. The predicted molar refractivity (Wildman–Crippen MR) is 33.0 cm³/mol. The highest BCUT2D eigenvalue weighted by atomic mass is 16.4. The Kier molecular flexibility index (Phi) is 1.01. The second-order valence-electron chi connectivity index (χ2n) is 2.95. The molecule has 0 radical (unpaired) electrons. The molecule has 1 aromatic heterocycles. The van der Waals surface area contributed by atoms with Crippen molar-refractivity contribution < 1.29 is 5.79 Å². The molecule has 1 heterocycles. The summed E-state index contributed by atoms with van der Waals surface area (Å²) in [7, 11) is 0. The van der Waals surface area contributed by atoms with E-state index in [2.05, 4.69) is 10.2 Å². The van der Waals surface area contributed by atoms with Gasteiger partial charge in [0.1, 0.15) is 1.37 Å². The zero-order valence-corrected chi connectivity index (χ0v) is 5.80. The average Bonchev–Trinajstić information content (AvgIpc) is 2.11. The van der Waals surface area contributed by atoms with Gasteiger partial charge in [0, 0.05) is 5.41 Å². The van der Waals surface area contributed by atoms with Gasteiger partial charge in [-0.2, -0.15) is 0 Å². The molecule has 1 rings (SSSR count). The van der Waals surface area contributed by atoms with Crippen molar-refractivity contribution in [1.82, 2.24) is 10.2 Å². The lowest BCUT2D eigenvalue weighted by molar-refractivity contribution is 0.392. The van der Waals surface area contributed by atoms with Gasteiger partial charge in [-0.1, -0.05) is 20.8 Å². The Morgan fingerprint density at radius 2 is 2.33 bits per heavy atom. The van der Waals surface area contributed by atoms with Crippen molar-refractivity contribution in [2.24, 2.45) is 0 Å². The molecule has 0 aromatic carbocycles. The van der Waals surface area contributed by atoms with E-state index in [1.165, 1.54) is 0 Å². The molecule has 0 unspecified atom stereocenters. The Morgan fingerprint density at radius 3 is 2.56 bits per heavy atom. The van der Waals surface area contributed by atoms with Crippen molar-refractivity contribution in [3.63, 3.8) is 0 Å². The number of rotatable bonds is 0. The van der Waals surface area contributed by atoms with Gasteiger partial charge in [0.15, 0.2) is 0 Å². The first-order valence-corrected chi connectivity index (χ1v) is 2.81. The molecule has 3 heteroatoms.